The number of rotatable bonds is 1. The van der Waals surface area contributed by atoms with Crippen LogP contribution in [0.2, 0.25) is 0 Å². The van der Waals surface area contributed by atoms with Gasteiger partial charge in [-0.25, -0.2) is 0 Å². The molecule has 0 saturated heterocycles. The molecule has 1 heteroatoms. The average Bonchev–Trinajstić information content (AvgIpc) is 2.45. The lowest BCUT2D eigenvalue weighted by Gasteiger charge is -2.17. The first-order valence-corrected chi connectivity index (χ1v) is 7.50. The molecule has 0 N–H and O–H groups in total. The number of fused-ring (bicyclic) bond motifs is 2. The van der Waals surface area contributed by atoms with Gasteiger partial charge in [0.1, 0.15) is 0 Å². The van der Waals surface area contributed by atoms with Crippen LogP contribution in [0, 0.1) is 0 Å². The Balaban J connectivity index is 0.000000267. The van der Waals surface area contributed by atoms with E-state index in [2.05, 4.69) is 62.4 Å². The van der Waals surface area contributed by atoms with Crippen LogP contribution in [-0.4, -0.2) is 0 Å². The highest BCUT2D eigenvalue weighted by atomic mass is 32.2. The maximum absolute atomic E-state index is 2.22. The Morgan fingerprint density at radius 2 is 1.22 bits per heavy atom. The summed E-state index contributed by atoms with van der Waals surface area (Å²) in [4.78, 5) is 2.82. The fourth-order valence-corrected chi connectivity index (χ4v) is 2.90. The molecule has 2 aromatic carbocycles. The Bertz CT molecular complexity index is 413. The molecule has 0 bridgehead atoms. The largest absolute Gasteiger partial charge is 0.0895 e. The first-order valence-electron chi connectivity index (χ1n) is 6.68. The third kappa shape index (κ3) is 3.17. The molecule has 94 valence electrons. The van der Waals surface area contributed by atoms with E-state index in [1.54, 1.807) is 0 Å². The van der Waals surface area contributed by atoms with Crippen LogP contribution in [0.3, 0.4) is 0 Å². The van der Waals surface area contributed by atoms with Gasteiger partial charge in [-0.05, 0) is 29.7 Å². The monoisotopic (exact) mass is 256 g/mol. The van der Waals surface area contributed by atoms with Gasteiger partial charge < -0.3 is 0 Å². The quantitative estimate of drug-likeness (QED) is 0.550. The Morgan fingerprint density at radius 3 is 1.67 bits per heavy atom. The smallest absolute Gasteiger partial charge is 0.0157 e. The van der Waals surface area contributed by atoms with Crippen molar-refractivity contribution in [2.75, 3.05) is 0 Å². The lowest BCUT2D eigenvalue weighted by atomic mass is 10.0. The molecule has 0 fully saturated rings. The molecule has 1 aliphatic rings. The minimum Gasteiger partial charge on any atom is -0.0895 e. The maximum atomic E-state index is 2.22. The molecule has 0 unspecified atom stereocenters. The standard InChI is InChI=1S/C13H10S.C4H10/c1-3-7-12-10(5-1)9-11-6-2-4-8-13(11)14-12;1-3-4-2/h1-8H,9H2;3-4H2,1-2H3. The van der Waals surface area contributed by atoms with Gasteiger partial charge >= 0.3 is 0 Å². The molecule has 2 aromatic rings. The van der Waals surface area contributed by atoms with Crippen LogP contribution < -0.4 is 0 Å². The van der Waals surface area contributed by atoms with Gasteiger partial charge in [0.2, 0.25) is 0 Å². The van der Waals surface area contributed by atoms with Crippen molar-refractivity contribution in [1.29, 1.82) is 0 Å². The van der Waals surface area contributed by atoms with Gasteiger partial charge in [0.15, 0.2) is 0 Å². The summed E-state index contributed by atoms with van der Waals surface area (Å²) in [5.74, 6) is 0. The summed E-state index contributed by atoms with van der Waals surface area (Å²) in [7, 11) is 0. The average molecular weight is 256 g/mol. The summed E-state index contributed by atoms with van der Waals surface area (Å²) < 4.78 is 0. The van der Waals surface area contributed by atoms with Crippen molar-refractivity contribution in [2.24, 2.45) is 0 Å². The minimum atomic E-state index is 1.08. The van der Waals surface area contributed by atoms with Crippen LogP contribution in [0.1, 0.15) is 37.8 Å². The molecular weight excluding hydrogens is 236 g/mol. The molecule has 0 atom stereocenters. The topological polar surface area (TPSA) is 0 Å². The zero-order valence-electron chi connectivity index (χ0n) is 11.1. The summed E-state index contributed by atoms with van der Waals surface area (Å²) in [6.07, 6.45) is 3.72. The van der Waals surface area contributed by atoms with Crippen LogP contribution in [0.5, 0.6) is 0 Å². The molecule has 0 spiro atoms. The molecule has 0 saturated carbocycles. The number of hydrogen-bond donors (Lipinski definition) is 0. The van der Waals surface area contributed by atoms with Gasteiger partial charge in [-0.3, -0.25) is 0 Å². The third-order valence-corrected chi connectivity index (χ3v) is 4.28. The zero-order valence-corrected chi connectivity index (χ0v) is 12.0. The van der Waals surface area contributed by atoms with Crippen molar-refractivity contribution in [3.63, 3.8) is 0 Å². The molecule has 0 radical (unpaired) electrons. The van der Waals surface area contributed by atoms with Gasteiger partial charge in [-0.15, -0.1) is 0 Å². The van der Waals surface area contributed by atoms with Crippen LogP contribution in [0.15, 0.2) is 58.3 Å². The Hall–Kier alpha value is -1.21. The highest BCUT2D eigenvalue weighted by molar-refractivity contribution is 7.99. The second kappa shape index (κ2) is 6.65. The highest BCUT2D eigenvalue weighted by Gasteiger charge is 2.13. The fraction of sp³-hybridized carbons (Fsp3) is 0.294. The summed E-state index contributed by atoms with van der Waals surface area (Å²) >= 11 is 1.88. The molecule has 18 heavy (non-hydrogen) atoms. The van der Waals surface area contributed by atoms with Crippen molar-refractivity contribution in [3.05, 3.63) is 59.7 Å². The number of unbranched alkanes of at least 4 members (excludes halogenated alkanes) is 1. The first-order chi connectivity index (χ1) is 8.85. The zero-order chi connectivity index (χ0) is 12.8. The fourth-order valence-electron chi connectivity index (χ4n) is 1.82. The van der Waals surface area contributed by atoms with Gasteiger partial charge in [0.05, 0.1) is 0 Å². The molecule has 0 aromatic heterocycles. The van der Waals surface area contributed by atoms with Crippen molar-refractivity contribution in [3.8, 4) is 0 Å². The Morgan fingerprint density at radius 1 is 0.778 bits per heavy atom. The molecule has 3 rings (SSSR count). The Kier molecular flexibility index (Phi) is 4.89. The molecule has 0 amide bonds. The normalized spacial score (nSPS) is 11.9. The second-order valence-corrected chi connectivity index (χ2v) is 5.58. The third-order valence-electron chi connectivity index (χ3n) is 3.05. The highest BCUT2D eigenvalue weighted by Crippen LogP contribution is 2.38. The van der Waals surface area contributed by atoms with Crippen LogP contribution >= 0.6 is 11.8 Å². The van der Waals surface area contributed by atoms with Gasteiger partial charge in [-0.1, -0.05) is 74.8 Å². The molecular formula is C17H20S. The van der Waals surface area contributed by atoms with E-state index in [0.717, 1.165) is 6.42 Å². The van der Waals surface area contributed by atoms with Crippen LogP contribution in [0.4, 0.5) is 0 Å². The predicted molar refractivity (Wildman–Crippen MR) is 80.4 cm³/mol. The minimum absolute atomic E-state index is 1.08. The van der Waals surface area contributed by atoms with E-state index in [1.165, 1.54) is 33.8 Å². The van der Waals surface area contributed by atoms with E-state index in [1.807, 2.05) is 11.8 Å². The van der Waals surface area contributed by atoms with E-state index in [0.29, 0.717) is 0 Å². The Labute approximate surface area is 114 Å². The van der Waals surface area contributed by atoms with Crippen LogP contribution in [-0.2, 0) is 6.42 Å². The van der Waals surface area contributed by atoms with Crippen molar-refractivity contribution in [2.45, 2.75) is 42.9 Å². The number of benzene rings is 2. The lowest BCUT2D eigenvalue weighted by Crippen LogP contribution is -1.98. The van der Waals surface area contributed by atoms with E-state index < -0.39 is 0 Å². The van der Waals surface area contributed by atoms with E-state index in [9.17, 15) is 0 Å². The first kappa shape index (κ1) is 13.2. The van der Waals surface area contributed by atoms with Crippen molar-refractivity contribution in [1.82, 2.24) is 0 Å². The maximum Gasteiger partial charge on any atom is 0.0157 e. The number of hydrogen-bond acceptors (Lipinski definition) is 1. The van der Waals surface area contributed by atoms with Gasteiger partial charge in [-0.2, -0.15) is 0 Å². The predicted octanol–water partition coefficient (Wildman–Crippen LogP) is 5.55. The SMILES string of the molecule is CCCC.c1ccc2c(c1)Cc1ccccc1S2. The second-order valence-electron chi connectivity index (χ2n) is 4.49. The van der Waals surface area contributed by atoms with E-state index in [4.69, 9.17) is 0 Å². The summed E-state index contributed by atoms with van der Waals surface area (Å²) in [6.45, 7) is 4.36. The van der Waals surface area contributed by atoms with E-state index >= 15 is 0 Å². The molecule has 0 aliphatic carbocycles. The molecule has 1 aliphatic heterocycles. The summed E-state index contributed by atoms with van der Waals surface area (Å²) in [5.41, 5.74) is 2.91. The molecule has 1 heterocycles. The molecule has 0 nitrogen and oxygen atoms in total. The summed E-state index contributed by atoms with van der Waals surface area (Å²) in [5, 5.41) is 0. The van der Waals surface area contributed by atoms with Gasteiger partial charge in [0, 0.05) is 9.79 Å². The summed E-state index contributed by atoms with van der Waals surface area (Å²) in [6, 6.07) is 17.3. The van der Waals surface area contributed by atoms with Crippen molar-refractivity contribution < 1.29 is 0 Å². The van der Waals surface area contributed by atoms with Crippen LogP contribution in [0.25, 0.3) is 0 Å². The van der Waals surface area contributed by atoms with Crippen molar-refractivity contribution >= 4 is 11.8 Å². The lowest BCUT2D eigenvalue weighted by molar-refractivity contribution is 0.886. The van der Waals surface area contributed by atoms with Gasteiger partial charge in [0.25, 0.3) is 0 Å². The van der Waals surface area contributed by atoms with E-state index in [-0.39, 0.29) is 0 Å².